The van der Waals surface area contributed by atoms with Crippen molar-refractivity contribution >= 4 is 34.2 Å². The van der Waals surface area contributed by atoms with E-state index in [2.05, 4.69) is 10.3 Å². The number of halogens is 2. The third-order valence-electron chi connectivity index (χ3n) is 3.63. The Morgan fingerprint density at radius 2 is 2.05 bits per heavy atom. The number of aliphatic hydroxyl groups is 1. The van der Waals surface area contributed by atoms with Crippen molar-refractivity contribution in [1.82, 2.24) is 15.0 Å². The van der Waals surface area contributed by atoms with E-state index in [0.717, 1.165) is 18.4 Å². The zero-order chi connectivity index (χ0) is 15.5. The predicted molar refractivity (Wildman–Crippen MR) is 83.3 cm³/mol. The van der Waals surface area contributed by atoms with Gasteiger partial charge < -0.3 is 14.6 Å². The first-order chi connectivity index (χ1) is 10.6. The van der Waals surface area contributed by atoms with Crippen LogP contribution in [-0.4, -0.2) is 52.1 Å². The Morgan fingerprint density at radius 3 is 2.82 bits per heavy atom. The molecule has 1 N–H and O–H groups in total. The second kappa shape index (κ2) is 7.10. The van der Waals surface area contributed by atoms with Crippen LogP contribution in [0.3, 0.4) is 0 Å². The molecule has 0 spiro atoms. The van der Waals surface area contributed by atoms with E-state index < -0.39 is 6.10 Å². The molecule has 0 amide bonds. The molecule has 0 aliphatic carbocycles. The van der Waals surface area contributed by atoms with Crippen molar-refractivity contribution < 1.29 is 14.6 Å². The second-order valence-corrected chi connectivity index (χ2v) is 6.14. The fourth-order valence-electron chi connectivity index (χ4n) is 2.44. The molecule has 1 atom stereocenters. The van der Waals surface area contributed by atoms with Gasteiger partial charge in [0.2, 0.25) is 0 Å². The van der Waals surface area contributed by atoms with Crippen molar-refractivity contribution in [2.45, 2.75) is 31.6 Å². The van der Waals surface area contributed by atoms with Crippen molar-refractivity contribution in [3.63, 3.8) is 0 Å². The number of benzene rings is 1. The highest BCUT2D eigenvalue weighted by Crippen LogP contribution is 2.26. The van der Waals surface area contributed by atoms with E-state index >= 15 is 0 Å². The summed E-state index contributed by atoms with van der Waals surface area (Å²) in [5, 5.41) is 19.1. The lowest BCUT2D eigenvalue weighted by Gasteiger charge is -2.23. The molecule has 1 aromatic carbocycles. The summed E-state index contributed by atoms with van der Waals surface area (Å²) in [5.74, 6) is 0. The number of fused-ring (bicyclic) bond motifs is 1. The van der Waals surface area contributed by atoms with Gasteiger partial charge in [0, 0.05) is 13.2 Å². The Hall–Kier alpha value is -0.920. The fourth-order valence-corrected chi connectivity index (χ4v) is 2.76. The normalized spacial score (nSPS) is 18.0. The third kappa shape index (κ3) is 3.70. The van der Waals surface area contributed by atoms with Crippen LogP contribution in [0.1, 0.15) is 12.8 Å². The largest absolute Gasteiger partial charge is 0.389 e. The minimum absolute atomic E-state index is 0.157. The van der Waals surface area contributed by atoms with Crippen LogP contribution in [-0.2, 0) is 16.0 Å². The van der Waals surface area contributed by atoms with Crippen LogP contribution < -0.4 is 0 Å². The summed E-state index contributed by atoms with van der Waals surface area (Å²) in [7, 11) is 0. The van der Waals surface area contributed by atoms with Crippen molar-refractivity contribution in [2.75, 3.05) is 19.8 Å². The summed E-state index contributed by atoms with van der Waals surface area (Å²) < 4.78 is 12.6. The van der Waals surface area contributed by atoms with Crippen molar-refractivity contribution in [3.8, 4) is 0 Å². The molecule has 0 radical (unpaired) electrons. The molecule has 1 aromatic heterocycles. The SMILES string of the molecule is O[C@@H](COC1CCOCC1)Cn1nnc2cc(Cl)c(Cl)cc21. The quantitative estimate of drug-likeness (QED) is 0.900. The van der Waals surface area contributed by atoms with Crippen molar-refractivity contribution in [3.05, 3.63) is 22.2 Å². The number of ether oxygens (including phenoxy) is 2. The second-order valence-electron chi connectivity index (χ2n) is 5.33. The highest BCUT2D eigenvalue weighted by molar-refractivity contribution is 6.42. The van der Waals surface area contributed by atoms with Gasteiger partial charge in [0.1, 0.15) is 5.52 Å². The summed E-state index contributed by atoms with van der Waals surface area (Å²) in [6, 6.07) is 3.36. The van der Waals surface area contributed by atoms with Crippen LogP contribution in [0.15, 0.2) is 12.1 Å². The number of rotatable bonds is 5. The Kier molecular flexibility index (Phi) is 5.15. The van der Waals surface area contributed by atoms with E-state index in [1.165, 1.54) is 0 Å². The summed E-state index contributed by atoms with van der Waals surface area (Å²) in [5.41, 5.74) is 1.38. The molecule has 0 saturated carbocycles. The minimum Gasteiger partial charge on any atom is -0.389 e. The van der Waals surface area contributed by atoms with Gasteiger partial charge >= 0.3 is 0 Å². The van der Waals surface area contributed by atoms with Gasteiger partial charge in [-0.15, -0.1) is 5.10 Å². The third-order valence-corrected chi connectivity index (χ3v) is 4.35. The van der Waals surface area contributed by atoms with Crippen LogP contribution >= 0.6 is 23.2 Å². The topological polar surface area (TPSA) is 69.4 Å². The Morgan fingerprint density at radius 1 is 1.32 bits per heavy atom. The van der Waals surface area contributed by atoms with Crippen LogP contribution in [0.2, 0.25) is 10.0 Å². The zero-order valence-corrected chi connectivity index (χ0v) is 13.4. The van der Waals surface area contributed by atoms with E-state index in [0.29, 0.717) is 28.8 Å². The molecular weight excluding hydrogens is 329 g/mol. The molecule has 3 rings (SSSR count). The molecule has 1 aliphatic heterocycles. The van der Waals surface area contributed by atoms with Crippen molar-refractivity contribution in [1.29, 1.82) is 0 Å². The smallest absolute Gasteiger partial charge is 0.114 e. The van der Waals surface area contributed by atoms with E-state index in [9.17, 15) is 5.11 Å². The van der Waals surface area contributed by atoms with Crippen LogP contribution in [0.25, 0.3) is 11.0 Å². The molecule has 1 fully saturated rings. The molecule has 2 aromatic rings. The van der Waals surface area contributed by atoms with Gasteiger partial charge in [-0.3, -0.25) is 0 Å². The van der Waals surface area contributed by atoms with Gasteiger partial charge in [0.25, 0.3) is 0 Å². The van der Waals surface area contributed by atoms with Gasteiger partial charge in [-0.05, 0) is 25.0 Å². The summed E-state index contributed by atoms with van der Waals surface area (Å²) in [6.07, 6.45) is 1.23. The molecule has 6 nitrogen and oxygen atoms in total. The first kappa shape index (κ1) is 16.0. The maximum Gasteiger partial charge on any atom is 0.114 e. The molecule has 1 saturated heterocycles. The Labute approximate surface area is 137 Å². The van der Waals surface area contributed by atoms with Crippen molar-refractivity contribution in [2.24, 2.45) is 0 Å². The standard InChI is InChI=1S/C14H17Cl2N3O3/c15-11-5-13-14(6-12(11)16)19(18-17-13)7-9(20)8-22-10-1-3-21-4-2-10/h5-6,9-10,20H,1-4,7-8H2/t9-/m1/s1. The molecule has 120 valence electrons. The van der Waals surface area contributed by atoms with Gasteiger partial charge in [0.05, 0.1) is 40.9 Å². The lowest BCUT2D eigenvalue weighted by molar-refractivity contribution is -0.0621. The summed E-state index contributed by atoms with van der Waals surface area (Å²) >= 11 is 12.0. The molecule has 0 unspecified atom stereocenters. The number of nitrogens with zero attached hydrogens (tertiary/aromatic N) is 3. The maximum absolute atomic E-state index is 10.1. The lowest BCUT2D eigenvalue weighted by Crippen LogP contribution is -2.29. The number of hydrogen-bond acceptors (Lipinski definition) is 5. The molecule has 2 heterocycles. The lowest BCUT2D eigenvalue weighted by atomic mass is 10.1. The highest BCUT2D eigenvalue weighted by Gasteiger charge is 2.17. The van der Waals surface area contributed by atoms with E-state index in [-0.39, 0.29) is 19.3 Å². The molecular formula is C14H17Cl2N3O3. The van der Waals surface area contributed by atoms with Gasteiger partial charge in [-0.2, -0.15) is 0 Å². The Balaban J connectivity index is 1.61. The first-order valence-corrected chi connectivity index (χ1v) is 7.94. The number of aliphatic hydroxyl groups excluding tert-OH is 1. The summed E-state index contributed by atoms with van der Waals surface area (Å²) in [6.45, 7) is 1.98. The maximum atomic E-state index is 10.1. The van der Waals surface area contributed by atoms with Gasteiger partial charge in [0.15, 0.2) is 0 Å². The van der Waals surface area contributed by atoms with E-state index in [1.807, 2.05) is 0 Å². The predicted octanol–water partition coefficient (Wildman–Crippen LogP) is 2.29. The first-order valence-electron chi connectivity index (χ1n) is 7.19. The number of hydrogen-bond donors (Lipinski definition) is 1. The van der Waals surface area contributed by atoms with Crippen LogP contribution in [0.5, 0.6) is 0 Å². The Bertz CT molecular complexity index is 644. The molecule has 1 aliphatic rings. The molecule has 8 heteroatoms. The summed E-state index contributed by atoms with van der Waals surface area (Å²) in [4.78, 5) is 0. The zero-order valence-electron chi connectivity index (χ0n) is 11.9. The minimum atomic E-state index is -0.665. The van der Waals surface area contributed by atoms with E-state index in [4.69, 9.17) is 32.7 Å². The van der Waals surface area contributed by atoms with Crippen LogP contribution in [0.4, 0.5) is 0 Å². The molecule has 22 heavy (non-hydrogen) atoms. The highest BCUT2D eigenvalue weighted by atomic mass is 35.5. The molecule has 0 bridgehead atoms. The fraction of sp³-hybridized carbons (Fsp3) is 0.571. The van der Waals surface area contributed by atoms with Gasteiger partial charge in [-0.25, -0.2) is 4.68 Å². The average molecular weight is 346 g/mol. The van der Waals surface area contributed by atoms with E-state index in [1.54, 1.807) is 16.8 Å². The monoisotopic (exact) mass is 345 g/mol. The van der Waals surface area contributed by atoms with Crippen LogP contribution in [0, 0.1) is 0 Å². The van der Waals surface area contributed by atoms with Gasteiger partial charge in [-0.1, -0.05) is 28.4 Å². The number of aromatic nitrogens is 3. The average Bonchev–Trinajstić information content (AvgIpc) is 2.89.